The summed E-state index contributed by atoms with van der Waals surface area (Å²) in [6.45, 7) is 3.51. The molecule has 1 aromatic carbocycles. The summed E-state index contributed by atoms with van der Waals surface area (Å²) in [5.41, 5.74) is 0.500. The molecule has 0 aromatic heterocycles. The van der Waals surface area contributed by atoms with Gasteiger partial charge in [0.2, 0.25) is 12.0 Å². The minimum atomic E-state index is -1.11. The number of benzene rings is 1. The number of hydrogen-bond acceptors (Lipinski definition) is 6. The Morgan fingerprint density at radius 2 is 2.00 bits per heavy atom. The third-order valence-corrected chi connectivity index (χ3v) is 6.09. The number of carboxylic acids is 1. The van der Waals surface area contributed by atoms with Crippen molar-refractivity contribution in [3.05, 3.63) is 35.9 Å². The number of isocyanates is 1. The van der Waals surface area contributed by atoms with E-state index in [0.29, 0.717) is 5.56 Å². The number of nitrogens with zero attached hydrogens (tertiary/aromatic N) is 2. The van der Waals surface area contributed by atoms with Gasteiger partial charge in [-0.3, -0.25) is 9.59 Å². The Hall–Kier alpha value is -2.64. The number of β-lactam (4-membered cyclic amide) rings is 1. The zero-order valence-corrected chi connectivity index (χ0v) is 14.9. The molecule has 3 rings (SSSR count). The first-order valence-electron chi connectivity index (χ1n) is 7.93. The second-order valence-corrected chi connectivity index (χ2v) is 8.39. The largest absolute Gasteiger partial charge is 0.480 e. The highest BCUT2D eigenvalue weighted by Gasteiger charge is 2.64. The van der Waals surface area contributed by atoms with Crippen LogP contribution in [0, 0.1) is 0 Å². The Morgan fingerprint density at radius 1 is 1.35 bits per heavy atom. The number of rotatable bonds is 5. The van der Waals surface area contributed by atoms with Gasteiger partial charge in [-0.05, 0) is 19.4 Å². The van der Waals surface area contributed by atoms with Crippen molar-refractivity contribution < 1.29 is 24.3 Å². The molecule has 2 heterocycles. The maximum absolute atomic E-state index is 12.6. The predicted molar refractivity (Wildman–Crippen MR) is 93.0 cm³/mol. The van der Waals surface area contributed by atoms with E-state index < -0.39 is 46.0 Å². The van der Waals surface area contributed by atoms with Gasteiger partial charge >= 0.3 is 5.97 Å². The molecule has 2 aliphatic rings. The van der Waals surface area contributed by atoms with E-state index in [1.807, 2.05) is 0 Å². The van der Waals surface area contributed by atoms with E-state index in [1.54, 1.807) is 44.2 Å². The van der Waals surface area contributed by atoms with Crippen LogP contribution in [0.15, 0.2) is 35.3 Å². The smallest absolute Gasteiger partial charge is 0.327 e. The molecule has 26 heavy (non-hydrogen) atoms. The number of aliphatic carboxylic acids is 1. The van der Waals surface area contributed by atoms with E-state index in [1.165, 1.54) is 22.7 Å². The summed E-state index contributed by atoms with van der Waals surface area (Å²) in [5.74, 6) is -2.12. The summed E-state index contributed by atoms with van der Waals surface area (Å²) in [7, 11) is 0. The number of nitrogens with one attached hydrogen (secondary N) is 1. The summed E-state index contributed by atoms with van der Waals surface area (Å²) in [5, 5.41) is 11.6. The van der Waals surface area contributed by atoms with E-state index >= 15 is 0 Å². The quantitative estimate of drug-likeness (QED) is 0.444. The van der Waals surface area contributed by atoms with Crippen LogP contribution in [0.3, 0.4) is 0 Å². The van der Waals surface area contributed by atoms with Crippen molar-refractivity contribution in [1.82, 2.24) is 10.2 Å². The van der Waals surface area contributed by atoms with Gasteiger partial charge < -0.3 is 15.3 Å². The van der Waals surface area contributed by atoms with Crippen LogP contribution in [-0.4, -0.2) is 56.1 Å². The van der Waals surface area contributed by atoms with Gasteiger partial charge in [0, 0.05) is 4.75 Å². The van der Waals surface area contributed by atoms with Crippen molar-refractivity contribution in [2.24, 2.45) is 4.99 Å². The van der Waals surface area contributed by atoms with E-state index in [0.717, 1.165) is 0 Å². The first-order chi connectivity index (χ1) is 12.3. The van der Waals surface area contributed by atoms with E-state index in [4.69, 9.17) is 0 Å². The average molecular weight is 375 g/mol. The zero-order chi connectivity index (χ0) is 19.1. The summed E-state index contributed by atoms with van der Waals surface area (Å²) in [6.07, 6.45) is 1.38. The Kier molecular flexibility index (Phi) is 4.60. The average Bonchev–Trinajstić information content (AvgIpc) is 2.86. The minimum absolute atomic E-state index is 0.448. The van der Waals surface area contributed by atoms with Crippen molar-refractivity contribution in [3.8, 4) is 0 Å². The van der Waals surface area contributed by atoms with Crippen molar-refractivity contribution in [2.75, 3.05) is 0 Å². The highest BCUT2D eigenvalue weighted by atomic mass is 32.2. The number of carboxylic acid groups (broad SMARTS) is 1. The number of carbonyl (C=O) groups is 3. The Balaban J connectivity index is 1.78. The highest BCUT2D eigenvalue weighted by Crippen LogP contribution is 2.50. The number of amides is 2. The van der Waals surface area contributed by atoms with Gasteiger partial charge in [-0.2, -0.15) is 4.99 Å². The van der Waals surface area contributed by atoms with Crippen LogP contribution < -0.4 is 5.32 Å². The van der Waals surface area contributed by atoms with Crippen LogP contribution in [0.5, 0.6) is 0 Å². The van der Waals surface area contributed by atoms with Gasteiger partial charge in [0.25, 0.3) is 5.91 Å². The maximum atomic E-state index is 12.6. The lowest BCUT2D eigenvalue weighted by Gasteiger charge is -2.43. The standard InChI is InChI=1S/C17H17N3O5S/c1-17(2)12(16(24)25)20-14(23)11(15(20)26-17)19-13(22)10(18-8-21)9-6-4-3-5-7-9/h3-7,10-12,15H,1-2H3,(H,19,22)(H,24,25)/t10?,11-,12+,15-/m1/s1. The molecule has 136 valence electrons. The molecule has 0 radical (unpaired) electrons. The summed E-state index contributed by atoms with van der Waals surface area (Å²) < 4.78 is -0.675. The van der Waals surface area contributed by atoms with Crippen molar-refractivity contribution in [2.45, 2.75) is 42.1 Å². The lowest BCUT2D eigenvalue weighted by atomic mass is 9.95. The van der Waals surface area contributed by atoms with Crippen molar-refractivity contribution in [1.29, 1.82) is 0 Å². The molecule has 0 saturated carbocycles. The fourth-order valence-corrected chi connectivity index (χ4v) is 4.98. The van der Waals surface area contributed by atoms with E-state index in [2.05, 4.69) is 10.3 Å². The predicted octanol–water partition coefficient (Wildman–Crippen LogP) is 0.695. The minimum Gasteiger partial charge on any atom is -0.480 e. The monoisotopic (exact) mass is 375 g/mol. The van der Waals surface area contributed by atoms with Crippen LogP contribution in [0.1, 0.15) is 25.5 Å². The van der Waals surface area contributed by atoms with E-state index in [9.17, 15) is 24.3 Å². The van der Waals surface area contributed by atoms with Gasteiger partial charge in [-0.1, -0.05) is 30.3 Å². The molecule has 2 N–H and O–H groups in total. The Labute approximate surface area is 153 Å². The second-order valence-electron chi connectivity index (χ2n) is 6.62. The number of fused-ring (bicyclic) bond motifs is 1. The molecule has 2 amide bonds. The topological polar surface area (TPSA) is 116 Å². The Morgan fingerprint density at radius 3 is 2.58 bits per heavy atom. The van der Waals surface area contributed by atoms with Crippen LogP contribution >= 0.6 is 11.8 Å². The molecule has 2 aliphatic heterocycles. The fourth-order valence-electron chi connectivity index (χ4n) is 3.35. The zero-order valence-electron chi connectivity index (χ0n) is 14.1. The van der Waals surface area contributed by atoms with Crippen LogP contribution in [0.4, 0.5) is 0 Å². The van der Waals surface area contributed by atoms with Gasteiger partial charge in [0.1, 0.15) is 17.5 Å². The number of aliphatic imine (C=N–C) groups is 1. The van der Waals surface area contributed by atoms with Crippen LogP contribution in [0.25, 0.3) is 0 Å². The Bertz CT molecular complexity index is 806. The van der Waals surface area contributed by atoms with Gasteiger partial charge in [-0.25, -0.2) is 9.59 Å². The molecular formula is C17H17N3O5S. The molecule has 0 spiro atoms. The molecular weight excluding hydrogens is 358 g/mol. The van der Waals surface area contributed by atoms with Crippen molar-refractivity contribution in [3.63, 3.8) is 0 Å². The molecule has 2 fully saturated rings. The lowest BCUT2D eigenvalue weighted by Crippen LogP contribution is -2.70. The number of thioether (sulfide) groups is 1. The highest BCUT2D eigenvalue weighted by molar-refractivity contribution is 8.01. The number of carbonyl (C=O) groups excluding carboxylic acids is 3. The molecule has 1 unspecified atom stereocenters. The normalized spacial score (nSPS) is 26.9. The number of hydrogen-bond donors (Lipinski definition) is 2. The van der Waals surface area contributed by atoms with Gasteiger partial charge in [-0.15, -0.1) is 11.8 Å². The third-order valence-electron chi connectivity index (χ3n) is 4.52. The molecule has 1 aromatic rings. The van der Waals surface area contributed by atoms with Gasteiger partial charge in [0.15, 0.2) is 6.04 Å². The first-order valence-corrected chi connectivity index (χ1v) is 8.81. The molecule has 0 bridgehead atoms. The van der Waals surface area contributed by atoms with Gasteiger partial charge in [0.05, 0.1) is 0 Å². The third kappa shape index (κ3) is 2.89. The molecule has 8 nitrogen and oxygen atoms in total. The molecule has 0 aliphatic carbocycles. The molecule has 9 heteroatoms. The summed E-state index contributed by atoms with van der Waals surface area (Å²) in [4.78, 5) is 52.0. The van der Waals surface area contributed by atoms with Crippen LogP contribution in [0.2, 0.25) is 0 Å². The maximum Gasteiger partial charge on any atom is 0.327 e. The van der Waals surface area contributed by atoms with Crippen LogP contribution in [-0.2, 0) is 19.2 Å². The summed E-state index contributed by atoms with van der Waals surface area (Å²) in [6, 6.07) is 5.57. The molecule has 4 atom stereocenters. The lowest BCUT2D eigenvalue weighted by molar-refractivity contribution is -0.161. The molecule has 2 saturated heterocycles. The first kappa shape index (κ1) is 18.2. The van der Waals surface area contributed by atoms with E-state index in [-0.39, 0.29) is 0 Å². The second kappa shape index (κ2) is 6.59. The van der Waals surface area contributed by atoms with Crippen molar-refractivity contribution >= 4 is 35.6 Å². The SMILES string of the molecule is CC1(C)S[C@@H]2[C@H](NC(=O)C(N=C=O)c3ccccc3)C(=O)N2[C@H]1C(=O)O. The summed E-state index contributed by atoms with van der Waals surface area (Å²) >= 11 is 1.33. The fraction of sp³-hybridized carbons (Fsp3) is 0.412.